The number of hydrogen-bond donors (Lipinski definition) is 1. The fourth-order valence-corrected chi connectivity index (χ4v) is 1.14. The highest BCUT2D eigenvalue weighted by atomic mass is 16.6. The second-order valence-electron chi connectivity index (χ2n) is 3.51. The van der Waals surface area contributed by atoms with Crippen molar-refractivity contribution < 1.29 is 28.9 Å². The maximum atomic E-state index is 11.6. The van der Waals surface area contributed by atoms with Crippen molar-refractivity contribution in [1.82, 2.24) is 0 Å². The lowest BCUT2D eigenvalue weighted by molar-refractivity contribution is -0.148. The Morgan fingerprint density at radius 1 is 1.26 bits per heavy atom. The van der Waals surface area contributed by atoms with Gasteiger partial charge < -0.3 is 19.3 Å². The molecule has 0 aromatic carbocycles. The molecule has 0 fully saturated rings. The molecule has 7 nitrogen and oxygen atoms in total. The largest absolute Gasteiger partial charge is 0.466 e. The Kier molecular flexibility index (Phi) is 7.62. The number of carbonyl (C=O) groups excluding carboxylic acids is 2. The number of methoxy groups -OCH3 is 3. The molecule has 0 aliphatic carbocycles. The zero-order valence-electron chi connectivity index (χ0n) is 11.5. The van der Waals surface area contributed by atoms with Crippen LogP contribution >= 0.6 is 0 Å². The molecule has 0 spiro atoms. The molecule has 1 atom stereocenters. The number of rotatable bonds is 7. The molecule has 0 saturated heterocycles. The first-order valence-electron chi connectivity index (χ1n) is 5.62. The number of nitrogens with zero attached hydrogens (tertiary/aromatic N) is 1. The van der Waals surface area contributed by atoms with Crippen LogP contribution in [0.2, 0.25) is 0 Å². The van der Waals surface area contributed by atoms with E-state index in [1.807, 2.05) is 6.92 Å². The third-order valence-corrected chi connectivity index (χ3v) is 2.18. The number of esters is 2. The van der Waals surface area contributed by atoms with Gasteiger partial charge in [-0.05, 0) is 6.42 Å². The van der Waals surface area contributed by atoms with Gasteiger partial charge in [-0.25, -0.2) is 9.59 Å². The second-order valence-corrected chi connectivity index (χ2v) is 3.51. The number of aliphatic imine (C=N–C) groups is 1. The van der Waals surface area contributed by atoms with Gasteiger partial charge in [-0.3, -0.25) is 4.99 Å². The van der Waals surface area contributed by atoms with Crippen molar-refractivity contribution in [3.05, 3.63) is 11.6 Å². The van der Waals surface area contributed by atoms with Crippen LogP contribution in [0.3, 0.4) is 0 Å². The summed E-state index contributed by atoms with van der Waals surface area (Å²) < 4.78 is 13.7. The van der Waals surface area contributed by atoms with Crippen molar-refractivity contribution in [3.63, 3.8) is 0 Å². The van der Waals surface area contributed by atoms with Crippen LogP contribution in [0.15, 0.2) is 16.6 Å². The van der Waals surface area contributed by atoms with Crippen LogP contribution in [0.25, 0.3) is 0 Å². The smallest absolute Gasteiger partial charge is 0.339 e. The van der Waals surface area contributed by atoms with Gasteiger partial charge in [-0.1, -0.05) is 6.92 Å². The van der Waals surface area contributed by atoms with E-state index in [0.29, 0.717) is 6.54 Å². The zero-order valence-corrected chi connectivity index (χ0v) is 11.5. The SMILES string of the molecule is CCCN=CC(O)(OC)/C(=C/C(=O)OC)C(=O)OC. The monoisotopic (exact) mass is 273 g/mol. The molecule has 0 aromatic rings. The molecule has 0 radical (unpaired) electrons. The number of aliphatic hydroxyl groups is 1. The number of carbonyl (C=O) groups is 2. The Labute approximate surface area is 111 Å². The average molecular weight is 273 g/mol. The Bertz CT molecular complexity index is 376. The minimum absolute atomic E-state index is 0.413. The summed E-state index contributed by atoms with van der Waals surface area (Å²) in [7, 11) is 3.43. The van der Waals surface area contributed by atoms with Gasteiger partial charge in [0, 0.05) is 19.7 Å². The van der Waals surface area contributed by atoms with Crippen LogP contribution in [0.4, 0.5) is 0 Å². The lowest BCUT2D eigenvalue weighted by atomic mass is 10.1. The summed E-state index contributed by atoms with van der Waals surface area (Å²) in [4.78, 5) is 26.7. The summed E-state index contributed by atoms with van der Waals surface area (Å²) in [5, 5.41) is 10.2. The summed E-state index contributed by atoms with van der Waals surface area (Å²) in [5.74, 6) is -3.88. The fourth-order valence-electron chi connectivity index (χ4n) is 1.14. The van der Waals surface area contributed by atoms with Crippen LogP contribution < -0.4 is 0 Å². The van der Waals surface area contributed by atoms with Crippen LogP contribution in [-0.2, 0) is 23.8 Å². The third-order valence-electron chi connectivity index (χ3n) is 2.18. The van der Waals surface area contributed by atoms with Crippen molar-refractivity contribution in [2.24, 2.45) is 4.99 Å². The molecule has 0 aromatic heterocycles. The average Bonchev–Trinajstić information content (AvgIpc) is 2.43. The van der Waals surface area contributed by atoms with Gasteiger partial charge >= 0.3 is 11.9 Å². The van der Waals surface area contributed by atoms with Gasteiger partial charge in [0.2, 0.25) is 5.79 Å². The van der Waals surface area contributed by atoms with E-state index in [4.69, 9.17) is 4.74 Å². The van der Waals surface area contributed by atoms with E-state index in [1.54, 1.807) is 0 Å². The summed E-state index contributed by atoms with van der Waals surface area (Å²) >= 11 is 0. The summed E-state index contributed by atoms with van der Waals surface area (Å²) in [6.45, 7) is 2.34. The molecule has 0 aliphatic heterocycles. The first kappa shape index (κ1) is 17.3. The molecule has 1 N–H and O–H groups in total. The predicted octanol–water partition coefficient (Wildman–Crippen LogP) is 0.0746. The van der Waals surface area contributed by atoms with E-state index in [0.717, 1.165) is 32.9 Å². The zero-order chi connectivity index (χ0) is 14.9. The van der Waals surface area contributed by atoms with Gasteiger partial charge in [0.25, 0.3) is 0 Å². The van der Waals surface area contributed by atoms with E-state index in [9.17, 15) is 14.7 Å². The van der Waals surface area contributed by atoms with Crippen molar-refractivity contribution in [2.45, 2.75) is 19.1 Å². The van der Waals surface area contributed by atoms with Gasteiger partial charge in [-0.2, -0.15) is 0 Å². The quantitative estimate of drug-likeness (QED) is 0.305. The van der Waals surface area contributed by atoms with Crippen LogP contribution in [0, 0.1) is 0 Å². The highest BCUT2D eigenvalue weighted by Gasteiger charge is 2.36. The van der Waals surface area contributed by atoms with Gasteiger partial charge in [0.15, 0.2) is 0 Å². The standard InChI is InChI=1S/C12H19NO6/c1-5-6-13-8-12(16,19-4)9(11(15)18-3)7-10(14)17-2/h7-8,16H,5-6H2,1-4H3/b9-7+,13-8?. The van der Waals surface area contributed by atoms with Gasteiger partial charge in [-0.15, -0.1) is 0 Å². The second kappa shape index (κ2) is 8.39. The Morgan fingerprint density at radius 3 is 2.32 bits per heavy atom. The molecule has 0 aliphatic rings. The molecule has 1 unspecified atom stereocenters. The lowest BCUT2D eigenvalue weighted by Crippen LogP contribution is -2.40. The van der Waals surface area contributed by atoms with E-state index in [2.05, 4.69) is 14.5 Å². The summed E-state index contributed by atoms with van der Waals surface area (Å²) in [6, 6.07) is 0. The van der Waals surface area contributed by atoms with Crippen molar-refractivity contribution >= 4 is 18.2 Å². The van der Waals surface area contributed by atoms with Crippen molar-refractivity contribution in [2.75, 3.05) is 27.9 Å². The third kappa shape index (κ3) is 5.19. The molecule has 19 heavy (non-hydrogen) atoms. The van der Waals surface area contributed by atoms with E-state index in [-0.39, 0.29) is 0 Å². The van der Waals surface area contributed by atoms with E-state index in [1.165, 1.54) is 7.11 Å². The van der Waals surface area contributed by atoms with Crippen LogP contribution in [0.1, 0.15) is 13.3 Å². The maximum absolute atomic E-state index is 11.6. The van der Waals surface area contributed by atoms with Gasteiger partial charge in [0.1, 0.15) is 5.57 Å². The molecule has 0 amide bonds. The molecular formula is C12H19NO6. The fraction of sp³-hybridized carbons (Fsp3) is 0.583. The summed E-state index contributed by atoms with van der Waals surface area (Å²) in [6.07, 6.45) is 2.60. The molecule has 7 heteroatoms. The maximum Gasteiger partial charge on any atom is 0.339 e. The van der Waals surface area contributed by atoms with E-state index < -0.39 is 23.3 Å². The molecule has 0 bridgehead atoms. The first-order chi connectivity index (χ1) is 8.95. The van der Waals surface area contributed by atoms with Gasteiger partial charge in [0.05, 0.1) is 20.4 Å². The minimum atomic E-state index is -2.14. The molecular weight excluding hydrogens is 254 g/mol. The highest BCUT2D eigenvalue weighted by Crippen LogP contribution is 2.18. The molecule has 108 valence electrons. The number of ether oxygens (including phenoxy) is 3. The molecule has 0 saturated carbocycles. The Morgan fingerprint density at radius 2 is 1.89 bits per heavy atom. The first-order valence-corrected chi connectivity index (χ1v) is 5.62. The Hall–Kier alpha value is -1.73. The van der Waals surface area contributed by atoms with Crippen molar-refractivity contribution in [3.8, 4) is 0 Å². The molecule has 0 heterocycles. The highest BCUT2D eigenvalue weighted by molar-refractivity contribution is 6.01. The minimum Gasteiger partial charge on any atom is -0.466 e. The van der Waals surface area contributed by atoms with E-state index >= 15 is 0 Å². The molecule has 0 rings (SSSR count). The van der Waals surface area contributed by atoms with Crippen LogP contribution in [-0.4, -0.2) is 56.9 Å². The Balaban J connectivity index is 5.46. The van der Waals surface area contributed by atoms with Crippen LogP contribution in [0.5, 0.6) is 0 Å². The number of hydrogen-bond acceptors (Lipinski definition) is 7. The van der Waals surface area contributed by atoms with Crippen molar-refractivity contribution in [1.29, 1.82) is 0 Å². The lowest BCUT2D eigenvalue weighted by Gasteiger charge is -2.23. The summed E-state index contributed by atoms with van der Waals surface area (Å²) in [5.41, 5.74) is -0.413. The predicted molar refractivity (Wildman–Crippen MR) is 67.7 cm³/mol. The topological polar surface area (TPSA) is 94.4 Å². The normalized spacial score (nSPS) is 15.1.